The van der Waals surface area contributed by atoms with Crippen molar-refractivity contribution in [2.45, 2.75) is 20.3 Å². The van der Waals surface area contributed by atoms with E-state index in [9.17, 15) is 9.90 Å². The van der Waals surface area contributed by atoms with Crippen LogP contribution in [-0.2, 0) is 7.05 Å². The molecular formula is C29H34N10O2. The highest BCUT2D eigenvalue weighted by Gasteiger charge is 2.20. The maximum Gasteiger partial charge on any atom is 0.272 e. The molecule has 5 rings (SSSR count). The zero-order chi connectivity index (χ0) is 28.9. The van der Waals surface area contributed by atoms with E-state index in [-0.39, 0.29) is 11.7 Å². The maximum absolute atomic E-state index is 12.5. The van der Waals surface area contributed by atoms with Crippen LogP contribution >= 0.6 is 0 Å². The minimum atomic E-state index is -0.211. The molecule has 3 aromatic heterocycles. The number of rotatable bonds is 7. The molecule has 0 unspecified atom stereocenters. The number of aryl methyl sites for hydroxylation is 1. The molecule has 41 heavy (non-hydrogen) atoms. The van der Waals surface area contributed by atoms with Crippen molar-refractivity contribution >= 4 is 29.3 Å². The number of nitrogens with zero attached hydrogens (tertiary/aromatic N) is 8. The lowest BCUT2D eigenvalue weighted by Gasteiger charge is -2.25. The van der Waals surface area contributed by atoms with Gasteiger partial charge >= 0.3 is 0 Å². The molecule has 1 aromatic carbocycles. The molecule has 4 aromatic rings. The second kappa shape index (κ2) is 12.0. The Morgan fingerprint density at radius 1 is 1.10 bits per heavy atom. The first-order valence-corrected chi connectivity index (χ1v) is 13.5. The van der Waals surface area contributed by atoms with E-state index in [0.29, 0.717) is 41.7 Å². The SMILES string of the molecule is Cc1c(C(=O)NC/C=C/c2nccc(N3CCCN(c4cc(-c5ccccc5O)nnc4N)CC3)n2)nn(C)c1C. The molecule has 1 saturated heterocycles. The van der Waals surface area contributed by atoms with Gasteiger partial charge in [-0.05, 0) is 50.6 Å². The molecule has 1 aliphatic heterocycles. The van der Waals surface area contributed by atoms with Gasteiger partial charge in [-0.2, -0.15) is 5.10 Å². The van der Waals surface area contributed by atoms with Crippen LogP contribution in [0.15, 0.2) is 48.7 Å². The minimum absolute atomic E-state index is 0.147. The first-order chi connectivity index (χ1) is 19.8. The van der Waals surface area contributed by atoms with Crippen molar-refractivity contribution in [2.75, 3.05) is 48.3 Å². The van der Waals surface area contributed by atoms with Gasteiger partial charge in [-0.1, -0.05) is 18.2 Å². The van der Waals surface area contributed by atoms with Crippen LogP contribution in [0.1, 0.15) is 34.0 Å². The lowest BCUT2D eigenvalue weighted by molar-refractivity contribution is 0.0951. The standard InChI is InChI=1S/C29H34N10O2/c1-19-20(2)37(3)36-27(19)29(41)32-12-6-10-25-31-13-11-26(33-25)39-15-7-14-38(16-17-39)23-18-22(34-35-28(23)30)21-8-4-5-9-24(21)40/h4-6,8-11,13,18,40H,7,12,14-17H2,1-3H3,(H2,30,35)(H,32,41)/b10-6+. The second-order valence-corrected chi connectivity index (χ2v) is 9.91. The second-order valence-electron chi connectivity index (χ2n) is 9.91. The van der Waals surface area contributed by atoms with E-state index in [0.717, 1.165) is 48.8 Å². The average molecular weight is 555 g/mol. The zero-order valence-electron chi connectivity index (χ0n) is 23.4. The Morgan fingerprint density at radius 2 is 1.88 bits per heavy atom. The van der Waals surface area contributed by atoms with E-state index in [2.05, 4.69) is 35.4 Å². The summed E-state index contributed by atoms with van der Waals surface area (Å²) in [6.45, 7) is 7.22. The summed E-state index contributed by atoms with van der Waals surface area (Å²) < 4.78 is 1.71. The number of amides is 1. The van der Waals surface area contributed by atoms with Crippen molar-refractivity contribution in [1.82, 2.24) is 35.3 Å². The third-order valence-corrected chi connectivity index (χ3v) is 7.30. The summed E-state index contributed by atoms with van der Waals surface area (Å²) in [5.74, 6) is 1.69. The number of carbonyl (C=O) groups excluding carboxylic acids is 1. The number of hydrogen-bond acceptors (Lipinski definition) is 10. The van der Waals surface area contributed by atoms with Gasteiger partial charge in [0.05, 0.1) is 11.4 Å². The first kappa shape index (κ1) is 27.6. The molecule has 4 N–H and O–H groups in total. The van der Waals surface area contributed by atoms with E-state index in [1.807, 2.05) is 45.2 Å². The number of hydrogen-bond donors (Lipinski definition) is 3. The number of nitrogens with two attached hydrogens (primary N) is 1. The van der Waals surface area contributed by atoms with Crippen LogP contribution in [0, 0.1) is 13.8 Å². The zero-order valence-corrected chi connectivity index (χ0v) is 23.4. The Labute approximate surface area is 238 Å². The molecule has 0 aliphatic carbocycles. The highest BCUT2D eigenvalue weighted by atomic mass is 16.3. The lowest BCUT2D eigenvalue weighted by atomic mass is 10.1. The summed E-state index contributed by atoms with van der Waals surface area (Å²) in [5, 5.41) is 25.8. The van der Waals surface area contributed by atoms with Crippen LogP contribution in [-0.4, -0.2) is 73.7 Å². The largest absolute Gasteiger partial charge is 0.507 e. The van der Waals surface area contributed by atoms with Crippen molar-refractivity contribution in [1.29, 1.82) is 0 Å². The van der Waals surface area contributed by atoms with Crippen LogP contribution in [0.4, 0.5) is 17.3 Å². The van der Waals surface area contributed by atoms with Gasteiger partial charge in [-0.15, -0.1) is 10.2 Å². The molecule has 1 amide bonds. The fourth-order valence-corrected chi connectivity index (χ4v) is 4.80. The topological polar surface area (TPSA) is 151 Å². The summed E-state index contributed by atoms with van der Waals surface area (Å²) in [6.07, 6.45) is 6.26. The van der Waals surface area contributed by atoms with Crippen LogP contribution < -0.4 is 20.9 Å². The van der Waals surface area contributed by atoms with Crippen LogP contribution in [0.3, 0.4) is 0 Å². The fourth-order valence-electron chi connectivity index (χ4n) is 4.80. The summed E-state index contributed by atoms with van der Waals surface area (Å²) >= 11 is 0. The van der Waals surface area contributed by atoms with Gasteiger partial charge in [0.1, 0.15) is 11.6 Å². The lowest BCUT2D eigenvalue weighted by Crippen LogP contribution is -2.31. The molecular weight excluding hydrogens is 520 g/mol. The monoisotopic (exact) mass is 554 g/mol. The smallest absolute Gasteiger partial charge is 0.272 e. The fraction of sp³-hybridized carbons (Fsp3) is 0.310. The number of anilines is 3. The molecule has 0 atom stereocenters. The van der Waals surface area contributed by atoms with E-state index < -0.39 is 0 Å². The number of nitrogen functional groups attached to an aromatic ring is 1. The number of para-hydroxylation sites is 1. The summed E-state index contributed by atoms with van der Waals surface area (Å²) in [7, 11) is 1.82. The molecule has 4 heterocycles. The Hall–Kier alpha value is -5.00. The Balaban J connectivity index is 1.21. The van der Waals surface area contributed by atoms with Gasteiger partial charge < -0.3 is 26.0 Å². The normalized spacial score (nSPS) is 13.9. The molecule has 0 bridgehead atoms. The van der Waals surface area contributed by atoms with Gasteiger partial charge in [0.25, 0.3) is 5.91 Å². The Kier molecular flexibility index (Phi) is 8.09. The van der Waals surface area contributed by atoms with E-state index >= 15 is 0 Å². The van der Waals surface area contributed by atoms with E-state index in [1.165, 1.54) is 0 Å². The highest BCUT2D eigenvalue weighted by molar-refractivity contribution is 5.94. The number of carbonyl (C=O) groups is 1. The molecule has 0 radical (unpaired) electrons. The number of aromatic nitrogens is 6. The van der Waals surface area contributed by atoms with E-state index in [4.69, 9.17) is 10.7 Å². The molecule has 1 aliphatic rings. The third-order valence-electron chi connectivity index (χ3n) is 7.30. The van der Waals surface area contributed by atoms with Gasteiger partial charge in [-0.3, -0.25) is 9.48 Å². The molecule has 12 nitrogen and oxygen atoms in total. The molecule has 12 heteroatoms. The number of phenols is 1. The van der Waals surface area contributed by atoms with Gasteiger partial charge in [-0.25, -0.2) is 9.97 Å². The summed E-state index contributed by atoms with van der Waals surface area (Å²) in [4.78, 5) is 26.0. The first-order valence-electron chi connectivity index (χ1n) is 13.5. The van der Waals surface area contributed by atoms with Crippen molar-refractivity contribution in [3.8, 4) is 17.0 Å². The predicted octanol–water partition coefficient (Wildman–Crippen LogP) is 2.73. The number of nitrogens with one attached hydrogen (secondary N) is 1. The van der Waals surface area contributed by atoms with Gasteiger partial charge in [0.2, 0.25) is 0 Å². The minimum Gasteiger partial charge on any atom is -0.507 e. The Morgan fingerprint density at radius 3 is 2.66 bits per heavy atom. The van der Waals surface area contributed by atoms with Crippen LogP contribution in [0.2, 0.25) is 0 Å². The Bertz CT molecular complexity index is 1580. The van der Waals surface area contributed by atoms with Gasteiger partial charge in [0.15, 0.2) is 17.3 Å². The number of phenolic OH excluding ortho intramolecular Hbond substituents is 1. The molecule has 1 fully saturated rings. The maximum atomic E-state index is 12.5. The predicted molar refractivity (Wildman–Crippen MR) is 159 cm³/mol. The van der Waals surface area contributed by atoms with Crippen LogP contribution in [0.25, 0.3) is 17.3 Å². The van der Waals surface area contributed by atoms with Crippen LogP contribution in [0.5, 0.6) is 5.75 Å². The number of benzene rings is 1. The quantitative estimate of drug-likeness (QED) is 0.311. The summed E-state index contributed by atoms with van der Waals surface area (Å²) in [5.41, 5.74) is 10.5. The average Bonchev–Trinajstić information content (AvgIpc) is 3.13. The molecule has 0 saturated carbocycles. The van der Waals surface area contributed by atoms with Crippen molar-refractivity contribution in [3.63, 3.8) is 0 Å². The summed E-state index contributed by atoms with van der Waals surface area (Å²) in [6, 6.07) is 10.8. The van der Waals surface area contributed by atoms with Gasteiger partial charge in [0, 0.05) is 62.8 Å². The van der Waals surface area contributed by atoms with Crippen molar-refractivity contribution in [2.24, 2.45) is 7.05 Å². The van der Waals surface area contributed by atoms with Crippen molar-refractivity contribution < 1.29 is 9.90 Å². The third kappa shape index (κ3) is 6.11. The number of aromatic hydroxyl groups is 1. The molecule has 212 valence electrons. The van der Waals surface area contributed by atoms with Crippen molar-refractivity contribution in [3.05, 3.63) is 71.4 Å². The van der Waals surface area contributed by atoms with E-state index in [1.54, 1.807) is 35.2 Å². The molecule has 0 spiro atoms. The highest BCUT2D eigenvalue weighted by Crippen LogP contribution is 2.31.